The Balaban J connectivity index is 1.05. The highest BCUT2D eigenvalue weighted by Crippen LogP contribution is 2.58. The second-order valence-corrected chi connectivity index (χ2v) is 16.8. The highest BCUT2D eigenvalue weighted by molar-refractivity contribution is 6.05. The smallest absolute Gasteiger partial charge is 0.164 e. The standard InChI is InChI=1S/C52H40N4O/c53-31-32-15-19-37-39-21-17-34(29-45(39)52(43(37)27-32)25-9-2-10-26-52)49-54-48(55-50(56-49)35-18-22-41-40-12-4-6-14-46(40)57-47(41)30-35)33-16-20-38-36-11-3-5-13-42(36)51(44(38)28-33)23-7-1-8-24-51/h3-6,11-22,27-30H,1-2,7-10,23-26H2. The number of rotatable bonds is 3. The van der Waals surface area contributed by atoms with Crippen LogP contribution in [0, 0.1) is 11.3 Å². The zero-order valence-corrected chi connectivity index (χ0v) is 31.8. The minimum Gasteiger partial charge on any atom is -0.456 e. The summed E-state index contributed by atoms with van der Waals surface area (Å²) in [6.45, 7) is 0. The van der Waals surface area contributed by atoms with E-state index in [1.54, 1.807) is 0 Å². The lowest BCUT2D eigenvalue weighted by Gasteiger charge is -2.36. The van der Waals surface area contributed by atoms with Crippen molar-refractivity contribution in [2.24, 2.45) is 0 Å². The Morgan fingerprint density at radius 3 is 1.58 bits per heavy atom. The van der Waals surface area contributed by atoms with Crippen LogP contribution in [0.5, 0.6) is 0 Å². The molecule has 5 nitrogen and oxygen atoms in total. The van der Waals surface area contributed by atoms with Crippen LogP contribution >= 0.6 is 0 Å². The van der Waals surface area contributed by atoms with Gasteiger partial charge in [0.25, 0.3) is 0 Å². The molecule has 0 radical (unpaired) electrons. The number of benzene rings is 6. The van der Waals surface area contributed by atoms with Gasteiger partial charge in [-0.15, -0.1) is 0 Å². The molecule has 0 amide bonds. The van der Waals surface area contributed by atoms with E-state index in [0.717, 1.165) is 57.0 Å². The highest BCUT2D eigenvalue weighted by atomic mass is 16.3. The van der Waals surface area contributed by atoms with Crippen molar-refractivity contribution in [2.75, 3.05) is 0 Å². The first-order chi connectivity index (χ1) is 28.1. The maximum atomic E-state index is 9.89. The van der Waals surface area contributed by atoms with E-state index < -0.39 is 0 Å². The minimum absolute atomic E-state index is 0.0277. The molecular weight excluding hydrogens is 697 g/mol. The van der Waals surface area contributed by atoms with Gasteiger partial charge in [-0.2, -0.15) is 5.26 Å². The first-order valence-corrected chi connectivity index (χ1v) is 20.7. The molecule has 6 aromatic carbocycles. The summed E-state index contributed by atoms with van der Waals surface area (Å²) in [6.07, 6.45) is 11.9. The number of nitriles is 1. The van der Waals surface area contributed by atoms with Crippen LogP contribution in [-0.4, -0.2) is 15.0 Å². The quantitative estimate of drug-likeness (QED) is 0.180. The largest absolute Gasteiger partial charge is 0.456 e. The van der Waals surface area contributed by atoms with Crippen LogP contribution in [0.15, 0.2) is 126 Å². The van der Waals surface area contributed by atoms with Crippen LogP contribution in [0.1, 0.15) is 92.0 Å². The zero-order valence-electron chi connectivity index (χ0n) is 31.8. The van der Waals surface area contributed by atoms with Gasteiger partial charge in [-0.05, 0) is 113 Å². The van der Waals surface area contributed by atoms with Crippen LogP contribution in [0.4, 0.5) is 0 Å². The fraction of sp³-hybridized carbons (Fsp3) is 0.231. The molecule has 4 aliphatic carbocycles. The van der Waals surface area contributed by atoms with Gasteiger partial charge in [0.2, 0.25) is 0 Å². The van der Waals surface area contributed by atoms with Crippen LogP contribution in [0.25, 0.3) is 78.4 Å². The first kappa shape index (κ1) is 32.8. The second-order valence-electron chi connectivity index (χ2n) is 16.8. The number of furan rings is 1. The van der Waals surface area contributed by atoms with Crippen molar-refractivity contribution in [3.63, 3.8) is 0 Å². The fourth-order valence-corrected chi connectivity index (χ4v) is 11.3. The summed E-state index contributed by atoms with van der Waals surface area (Å²) in [7, 11) is 0. The lowest BCUT2D eigenvalue weighted by molar-refractivity contribution is 0.353. The molecule has 2 saturated carbocycles. The Bertz CT molecular complexity index is 3010. The molecule has 0 unspecified atom stereocenters. The third-order valence-electron chi connectivity index (χ3n) is 14.0. The number of hydrogen-bond donors (Lipinski definition) is 0. The summed E-state index contributed by atoms with van der Waals surface area (Å²) >= 11 is 0. The molecule has 57 heavy (non-hydrogen) atoms. The van der Waals surface area contributed by atoms with Gasteiger partial charge in [-0.3, -0.25) is 0 Å². The van der Waals surface area contributed by atoms with E-state index in [0.29, 0.717) is 17.5 Å². The van der Waals surface area contributed by atoms with Gasteiger partial charge in [0.05, 0.1) is 11.6 Å². The topological polar surface area (TPSA) is 75.6 Å². The molecule has 2 aromatic heterocycles. The normalized spacial score (nSPS) is 17.0. The molecule has 2 spiro atoms. The zero-order chi connectivity index (χ0) is 37.7. The van der Waals surface area contributed by atoms with E-state index >= 15 is 0 Å². The van der Waals surface area contributed by atoms with Gasteiger partial charge < -0.3 is 4.42 Å². The van der Waals surface area contributed by atoms with Crippen molar-refractivity contribution in [2.45, 2.75) is 75.0 Å². The molecule has 8 aromatic rings. The van der Waals surface area contributed by atoms with E-state index in [-0.39, 0.29) is 10.8 Å². The minimum atomic E-state index is -0.111. The average Bonchev–Trinajstić information content (AvgIpc) is 3.87. The van der Waals surface area contributed by atoms with Crippen molar-refractivity contribution in [3.8, 4) is 62.5 Å². The highest BCUT2D eigenvalue weighted by Gasteiger charge is 2.45. The Morgan fingerprint density at radius 2 is 0.930 bits per heavy atom. The van der Waals surface area contributed by atoms with Crippen molar-refractivity contribution in [1.82, 2.24) is 15.0 Å². The van der Waals surface area contributed by atoms with Crippen molar-refractivity contribution in [3.05, 3.63) is 149 Å². The SMILES string of the molecule is N#Cc1ccc2c(c1)C1(CCCCC1)c1cc(-c3nc(-c4ccc5c(c4)C4(CCCCC4)c4ccccc4-5)nc(-c4ccc5c(c4)oc4ccccc45)n3)ccc1-2. The molecule has 2 heterocycles. The molecule has 0 bridgehead atoms. The summed E-state index contributed by atoms with van der Waals surface area (Å²) in [5.74, 6) is 1.97. The van der Waals surface area contributed by atoms with E-state index in [4.69, 9.17) is 19.4 Å². The third-order valence-corrected chi connectivity index (χ3v) is 14.0. The Labute approximate surface area is 332 Å². The molecule has 0 atom stereocenters. The van der Waals surface area contributed by atoms with E-state index in [9.17, 15) is 5.26 Å². The molecule has 0 saturated heterocycles. The Morgan fingerprint density at radius 1 is 0.439 bits per heavy atom. The average molecular weight is 737 g/mol. The maximum absolute atomic E-state index is 9.89. The molecule has 4 aliphatic rings. The lowest BCUT2D eigenvalue weighted by Crippen LogP contribution is -2.28. The second kappa shape index (κ2) is 12.3. The predicted octanol–water partition coefficient (Wildman–Crippen LogP) is 13.1. The summed E-state index contributed by atoms with van der Waals surface area (Å²) in [5, 5.41) is 12.1. The molecule has 2 fully saturated rings. The maximum Gasteiger partial charge on any atom is 0.164 e. The molecule has 12 rings (SSSR count). The van der Waals surface area contributed by atoms with E-state index in [1.165, 1.54) is 95.9 Å². The van der Waals surface area contributed by atoms with Crippen LogP contribution in [0.3, 0.4) is 0 Å². The van der Waals surface area contributed by atoms with Crippen molar-refractivity contribution >= 4 is 21.9 Å². The van der Waals surface area contributed by atoms with Gasteiger partial charge in [0.1, 0.15) is 11.2 Å². The molecule has 274 valence electrons. The summed E-state index contributed by atoms with van der Waals surface area (Å²) in [6, 6.07) is 46.0. The molecule has 0 N–H and O–H groups in total. The van der Waals surface area contributed by atoms with Gasteiger partial charge in [-0.25, -0.2) is 15.0 Å². The van der Waals surface area contributed by atoms with Gasteiger partial charge in [-0.1, -0.05) is 117 Å². The molecule has 5 heteroatoms. The van der Waals surface area contributed by atoms with E-state index in [1.807, 2.05) is 18.2 Å². The summed E-state index contributed by atoms with van der Waals surface area (Å²) in [4.78, 5) is 15.9. The van der Waals surface area contributed by atoms with E-state index in [2.05, 4.69) is 109 Å². The summed E-state index contributed by atoms with van der Waals surface area (Å²) in [5.41, 5.74) is 16.0. The first-order valence-electron chi connectivity index (χ1n) is 20.7. The molecular formula is C52H40N4O. The van der Waals surface area contributed by atoms with Gasteiger partial charge >= 0.3 is 0 Å². The van der Waals surface area contributed by atoms with Crippen LogP contribution in [-0.2, 0) is 10.8 Å². The number of para-hydroxylation sites is 1. The van der Waals surface area contributed by atoms with Crippen LogP contribution in [0.2, 0.25) is 0 Å². The Kier molecular flexibility index (Phi) is 7.09. The number of aromatic nitrogens is 3. The lowest BCUT2D eigenvalue weighted by atomic mass is 9.67. The van der Waals surface area contributed by atoms with Crippen LogP contribution < -0.4 is 0 Å². The van der Waals surface area contributed by atoms with Gasteiger partial charge in [0.15, 0.2) is 17.5 Å². The third kappa shape index (κ3) is 4.77. The summed E-state index contributed by atoms with van der Waals surface area (Å²) < 4.78 is 6.36. The number of hydrogen-bond acceptors (Lipinski definition) is 5. The molecule has 0 aliphatic heterocycles. The van der Waals surface area contributed by atoms with Crippen molar-refractivity contribution in [1.29, 1.82) is 5.26 Å². The monoisotopic (exact) mass is 736 g/mol. The predicted molar refractivity (Wildman–Crippen MR) is 227 cm³/mol. The van der Waals surface area contributed by atoms with Crippen molar-refractivity contribution < 1.29 is 4.42 Å². The van der Waals surface area contributed by atoms with Gasteiger partial charge in [0, 0.05) is 38.3 Å². The number of nitrogens with zero attached hydrogens (tertiary/aromatic N) is 4. The number of fused-ring (bicyclic) bond motifs is 13. The fourth-order valence-electron chi connectivity index (χ4n) is 11.3. The Hall–Kier alpha value is -6.38.